The molecule has 0 bridgehead atoms. The zero-order valence-electron chi connectivity index (χ0n) is 9.42. The van der Waals surface area contributed by atoms with Crippen molar-refractivity contribution in [3.05, 3.63) is 28.2 Å². The van der Waals surface area contributed by atoms with E-state index in [1.165, 1.54) is 0 Å². The number of carbonyl (C=O) groups is 1. The second-order valence-corrected chi connectivity index (χ2v) is 4.63. The van der Waals surface area contributed by atoms with Crippen LogP contribution in [0.3, 0.4) is 0 Å². The molecule has 0 aliphatic rings. The molecule has 3 nitrogen and oxygen atoms in total. The molecule has 0 radical (unpaired) electrons. The third kappa shape index (κ3) is 4.33. The van der Waals surface area contributed by atoms with Gasteiger partial charge in [0, 0.05) is 10.9 Å². The molecule has 0 saturated carbocycles. The van der Waals surface area contributed by atoms with E-state index in [-0.39, 0.29) is 5.91 Å². The Morgan fingerprint density at radius 1 is 1.44 bits per heavy atom. The van der Waals surface area contributed by atoms with Crippen molar-refractivity contribution in [1.29, 1.82) is 0 Å². The molecule has 0 saturated heterocycles. The highest BCUT2D eigenvalue weighted by Gasteiger charge is 2.05. The third-order valence-corrected chi connectivity index (χ3v) is 2.95. The number of nitrogens with one attached hydrogen (secondary N) is 1. The highest BCUT2D eigenvalue weighted by Crippen LogP contribution is 2.23. The number of amides is 1. The first-order chi connectivity index (χ1) is 7.63. The molecule has 1 aromatic carbocycles. The minimum Gasteiger partial charge on any atom is -0.330 e. The summed E-state index contributed by atoms with van der Waals surface area (Å²) < 4.78 is 0.908. The minimum atomic E-state index is 0.0414. The fourth-order valence-electron chi connectivity index (χ4n) is 1.38. The van der Waals surface area contributed by atoms with Crippen LogP contribution in [0.15, 0.2) is 22.7 Å². The largest absolute Gasteiger partial charge is 0.330 e. The van der Waals surface area contributed by atoms with Crippen LogP contribution in [-0.4, -0.2) is 12.5 Å². The van der Waals surface area contributed by atoms with Crippen molar-refractivity contribution >= 4 is 27.5 Å². The molecule has 0 aliphatic carbocycles. The number of hydrogen-bond acceptors (Lipinski definition) is 2. The van der Waals surface area contributed by atoms with Gasteiger partial charge in [0.1, 0.15) is 0 Å². The topological polar surface area (TPSA) is 55.1 Å². The Morgan fingerprint density at radius 3 is 2.88 bits per heavy atom. The smallest absolute Gasteiger partial charge is 0.224 e. The Hall–Kier alpha value is -0.870. The molecular weight excluding hydrogens is 268 g/mol. The van der Waals surface area contributed by atoms with Gasteiger partial charge in [0.15, 0.2) is 0 Å². The molecule has 1 amide bonds. The lowest BCUT2D eigenvalue weighted by atomic mass is 10.2. The molecule has 0 aliphatic heterocycles. The summed E-state index contributed by atoms with van der Waals surface area (Å²) in [7, 11) is 0. The highest BCUT2D eigenvalue weighted by molar-refractivity contribution is 9.10. The third-order valence-electron chi connectivity index (χ3n) is 2.25. The minimum absolute atomic E-state index is 0.0414. The number of halogens is 1. The van der Waals surface area contributed by atoms with Gasteiger partial charge < -0.3 is 11.1 Å². The van der Waals surface area contributed by atoms with Crippen molar-refractivity contribution in [3.8, 4) is 0 Å². The fourth-order valence-corrected chi connectivity index (χ4v) is 1.72. The number of carbonyl (C=O) groups excluding carboxylic acids is 1. The molecule has 0 unspecified atom stereocenters. The first-order valence-electron chi connectivity index (χ1n) is 5.39. The number of benzene rings is 1. The van der Waals surface area contributed by atoms with Gasteiger partial charge in [-0.05, 0) is 59.9 Å². The Balaban J connectivity index is 2.52. The molecular formula is C12H17BrN2O. The quantitative estimate of drug-likeness (QED) is 0.817. The van der Waals surface area contributed by atoms with Gasteiger partial charge in [-0.15, -0.1) is 0 Å². The Bertz CT molecular complexity index is 366. The maximum Gasteiger partial charge on any atom is 0.224 e. The van der Waals surface area contributed by atoms with Crippen molar-refractivity contribution < 1.29 is 4.79 Å². The second kappa shape index (κ2) is 6.66. The van der Waals surface area contributed by atoms with Crippen LogP contribution < -0.4 is 11.1 Å². The Labute approximate surface area is 105 Å². The van der Waals surface area contributed by atoms with Gasteiger partial charge >= 0.3 is 0 Å². The number of rotatable bonds is 5. The van der Waals surface area contributed by atoms with E-state index in [0.717, 1.165) is 28.6 Å². The first kappa shape index (κ1) is 13.2. The standard InChI is InChI=1S/C12H17BrN2O/c1-9-5-6-10(13)11(8-9)15-12(16)4-2-3-7-14/h5-6,8H,2-4,7,14H2,1H3,(H,15,16). The highest BCUT2D eigenvalue weighted by atomic mass is 79.9. The second-order valence-electron chi connectivity index (χ2n) is 3.78. The molecule has 1 rings (SSSR count). The lowest BCUT2D eigenvalue weighted by molar-refractivity contribution is -0.116. The molecule has 0 atom stereocenters. The lowest BCUT2D eigenvalue weighted by Crippen LogP contribution is -2.12. The molecule has 88 valence electrons. The number of aryl methyl sites for hydroxylation is 1. The van der Waals surface area contributed by atoms with Gasteiger partial charge in [-0.1, -0.05) is 6.07 Å². The molecule has 0 heterocycles. The van der Waals surface area contributed by atoms with E-state index < -0.39 is 0 Å². The van der Waals surface area contributed by atoms with Crippen molar-refractivity contribution in [3.63, 3.8) is 0 Å². The SMILES string of the molecule is Cc1ccc(Br)c(NC(=O)CCCCN)c1. The van der Waals surface area contributed by atoms with Gasteiger partial charge in [0.25, 0.3) is 0 Å². The van der Waals surface area contributed by atoms with E-state index in [1.807, 2.05) is 25.1 Å². The Morgan fingerprint density at radius 2 is 2.19 bits per heavy atom. The monoisotopic (exact) mass is 284 g/mol. The molecule has 0 fully saturated rings. The lowest BCUT2D eigenvalue weighted by Gasteiger charge is -2.08. The van der Waals surface area contributed by atoms with Crippen LogP contribution in [0.1, 0.15) is 24.8 Å². The van der Waals surface area contributed by atoms with Gasteiger partial charge in [0.05, 0.1) is 5.69 Å². The van der Waals surface area contributed by atoms with Crippen LogP contribution in [0.4, 0.5) is 5.69 Å². The predicted octanol–water partition coefficient (Wildman–Crippen LogP) is 2.83. The van der Waals surface area contributed by atoms with Crippen LogP contribution in [-0.2, 0) is 4.79 Å². The van der Waals surface area contributed by atoms with Gasteiger partial charge in [-0.3, -0.25) is 4.79 Å². The number of unbranched alkanes of at least 4 members (excludes halogenated alkanes) is 1. The molecule has 3 N–H and O–H groups in total. The summed E-state index contributed by atoms with van der Waals surface area (Å²) in [5.74, 6) is 0.0414. The molecule has 4 heteroatoms. The average Bonchev–Trinajstić information content (AvgIpc) is 2.24. The normalized spacial score (nSPS) is 10.2. The zero-order chi connectivity index (χ0) is 12.0. The molecule has 1 aromatic rings. The van der Waals surface area contributed by atoms with Crippen molar-refractivity contribution in [2.24, 2.45) is 5.73 Å². The van der Waals surface area contributed by atoms with E-state index >= 15 is 0 Å². The molecule has 16 heavy (non-hydrogen) atoms. The van der Waals surface area contributed by atoms with E-state index in [2.05, 4.69) is 21.2 Å². The van der Waals surface area contributed by atoms with Gasteiger partial charge in [0.2, 0.25) is 5.91 Å². The summed E-state index contributed by atoms with van der Waals surface area (Å²) >= 11 is 3.41. The van der Waals surface area contributed by atoms with Crippen LogP contribution >= 0.6 is 15.9 Å². The maximum absolute atomic E-state index is 11.6. The summed E-state index contributed by atoms with van der Waals surface area (Å²) in [4.78, 5) is 11.6. The summed E-state index contributed by atoms with van der Waals surface area (Å²) in [6, 6.07) is 5.88. The fraction of sp³-hybridized carbons (Fsp3) is 0.417. The van der Waals surface area contributed by atoms with Gasteiger partial charge in [-0.25, -0.2) is 0 Å². The van der Waals surface area contributed by atoms with Gasteiger partial charge in [-0.2, -0.15) is 0 Å². The van der Waals surface area contributed by atoms with E-state index in [0.29, 0.717) is 13.0 Å². The predicted molar refractivity (Wildman–Crippen MR) is 70.4 cm³/mol. The summed E-state index contributed by atoms with van der Waals surface area (Å²) in [6.07, 6.45) is 2.26. The van der Waals surface area contributed by atoms with Crippen LogP contribution in [0.25, 0.3) is 0 Å². The summed E-state index contributed by atoms with van der Waals surface area (Å²) in [6.45, 7) is 2.64. The van der Waals surface area contributed by atoms with Crippen LogP contribution in [0.2, 0.25) is 0 Å². The maximum atomic E-state index is 11.6. The van der Waals surface area contributed by atoms with Crippen LogP contribution in [0.5, 0.6) is 0 Å². The number of nitrogens with two attached hydrogens (primary N) is 1. The molecule has 0 aromatic heterocycles. The summed E-state index contributed by atoms with van der Waals surface area (Å²) in [5, 5.41) is 2.88. The van der Waals surface area contributed by atoms with Crippen molar-refractivity contribution in [1.82, 2.24) is 0 Å². The Kier molecular flexibility index (Phi) is 5.49. The van der Waals surface area contributed by atoms with Crippen molar-refractivity contribution in [2.45, 2.75) is 26.2 Å². The number of anilines is 1. The van der Waals surface area contributed by atoms with E-state index in [4.69, 9.17) is 5.73 Å². The van der Waals surface area contributed by atoms with Crippen LogP contribution in [0, 0.1) is 6.92 Å². The first-order valence-corrected chi connectivity index (χ1v) is 6.19. The zero-order valence-corrected chi connectivity index (χ0v) is 11.0. The van der Waals surface area contributed by atoms with E-state index in [1.54, 1.807) is 0 Å². The van der Waals surface area contributed by atoms with Crippen molar-refractivity contribution in [2.75, 3.05) is 11.9 Å². The molecule has 0 spiro atoms. The summed E-state index contributed by atoms with van der Waals surface area (Å²) in [5.41, 5.74) is 7.33. The number of hydrogen-bond donors (Lipinski definition) is 2. The average molecular weight is 285 g/mol. The van der Waals surface area contributed by atoms with E-state index in [9.17, 15) is 4.79 Å².